The summed E-state index contributed by atoms with van der Waals surface area (Å²) in [6, 6.07) is 10.4. The van der Waals surface area contributed by atoms with Gasteiger partial charge in [0, 0.05) is 44.5 Å². The van der Waals surface area contributed by atoms with Crippen LogP contribution in [0.3, 0.4) is 0 Å². The van der Waals surface area contributed by atoms with Gasteiger partial charge in [-0.3, -0.25) is 14.9 Å². The van der Waals surface area contributed by atoms with Gasteiger partial charge in [0.15, 0.2) is 0 Å². The van der Waals surface area contributed by atoms with Crippen LogP contribution in [0.15, 0.2) is 47.4 Å². The fourth-order valence-corrected chi connectivity index (χ4v) is 5.01. The monoisotopic (exact) mass is 446 g/mol. The van der Waals surface area contributed by atoms with Gasteiger partial charge in [0.2, 0.25) is 10.0 Å². The molecule has 1 heterocycles. The number of nitrogens with one attached hydrogen (secondary N) is 1. The van der Waals surface area contributed by atoms with E-state index in [1.54, 1.807) is 38.4 Å². The number of rotatable bonds is 6. The molecule has 0 atom stereocenters. The highest BCUT2D eigenvalue weighted by Crippen LogP contribution is 2.32. The van der Waals surface area contributed by atoms with Crippen LogP contribution in [0, 0.1) is 10.1 Å². The van der Waals surface area contributed by atoms with E-state index in [-0.39, 0.29) is 22.2 Å². The maximum Gasteiger partial charge on any atom is 0.294 e. The molecule has 1 N–H and O–H groups in total. The van der Waals surface area contributed by atoms with Crippen molar-refractivity contribution >= 4 is 33.0 Å². The summed E-state index contributed by atoms with van der Waals surface area (Å²) in [5.74, 6) is -0.152. The number of nitro groups is 1. The molecule has 2 aromatic rings. The van der Waals surface area contributed by atoms with E-state index in [1.807, 2.05) is 0 Å². The minimum Gasteiger partial charge on any atom is -0.350 e. The van der Waals surface area contributed by atoms with Gasteiger partial charge in [0.25, 0.3) is 11.6 Å². The highest BCUT2D eigenvalue weighted by atomic mass is 32.2. The highest BCUT2D eigenvalue weighted by molar-refractivity contribution is 7.89. The van der Waals surface area contributed by atoms with Crippen LogP contribution in [0.1, 0.15) is 36.0 Å². The molecule has 166 valence electrons. The second-order valence-corrected chi connectivity index (χ2v) is 9.59. The molecule has 0 spiro atoms. The number of hydrogen-bond donors (Lipinski definition) is 1. The lowest BCUT2D eigenvalue weighted by Gasteiger charge is -2.20. The van der Waals surface area contributed by atoms with Crippen LogP contribution in [-0.4, -0.2) is 55.6 Å². The zero-order valence-corrected chi connectivity index (χ0v) is 18.4. The Hall–Kier alpha value is -2.98. The average molecular weight is 447 g/mol. The maximum absolute atomic E-state index is 13.0. The standard InChI is InChI=1S/C21H26N4O5S/c1-23(2)21(26)16-7-9-17(10-8-16)22-19-12-11-18(15-20(19)25(27)28)31(29,30)24-13-5-3-4-6-14-24/h7-12,15,22H,3-6,13-14H2,1-2H3. The second kappa shape index (κ2) is 9.44. The molecule has 3 rings (SSSR count). The first-order valence-corrected chi connectivity index (χ1v) is 11.5. The van der Waals surface area contributed by atoms with Crippen molar-refractivity contribution in [2.24, 2.45) is 0 Å². The lowest BCUT2D eigenvalue weighted by atomic mass is 10.1. The van der Waals surface area contributed by atoms with Crippen molar-refractivity contribution in [2.45, 2.75) is 30.6 Å². The number of carbonyl (C=O) groups is 1. The molecule has 1 aliphatic rings. The van der Waals surface area contributed by atoms with Gasteiger partial charge in [-0.05, 0) is 49.2 Å². The smallest absolute Gasteiger partial charge is 0.294 e. The Morgan fingerprint density at radius 2 is 1.65 bits per heavy atom. The number of carbonyl (C=O) groups excluding carboxylic acids is 1. The SMILES string of the molecule is CN(C)C(=O)c1ccc(Nc2ccc(S(=O)(=O)N3CCCCCC3)cc2[N+](=O)[O-])cc1. The first kappa shape index (κ1) is 22.7. The lowest BCUT2D eigenvalue weighted by molar-refractivity contribution is -0.384. The molecular weight excluding hydrogens is 420 g/mol. The Balaban J connectivity index is 1.87. The van der Waals surface area contributed by atoms with Gasteiger partial charge in [0.1, 0.15) is 5.69 Å². The minimum atomic E-state index is -3.80. The average Bonchev–Trinajstić information content (AvgIpc) is 3.04. The summed E-state index contributed by atoms with van der Waals surface area (Å²) >= 11 is 0. The third-order valence-corrected chi connectivity index (χ3v) is 7.08. The summed E-state index contributed by atoms with van der Waals surface area (Å²) in [6.07, 6.45) is 3.53. The molecule has 0 aromatic heterocycles. The van der Waals surface area contributed by atoms with E-state index >= 15 is 0 Å². The van der Waals surface area contributed by atoms with Crippen molar-refractivity contribution in [3.63, 3.8) is 0 Å². The van der Waals surface area contributed by atoms with E-state index in [2.05, 4.69) is 5.32 Å². The first-order valence-electron chi connectivity index (χ1n) is 10.1. The van der Waals surface area contributed by atoms with E-state index in [1.165, 1.54) is 21.3 Å². The van der Waals surface area contributed by atoms with Crippen LogP contribution in [0.25, 0.3) is 0 Å². The first-order chi connectivity index (χ1) is 14.7. The molecule has 1 fully saturated rings. The van der Waals surface area contributed by atoms with E-state index in [9.17, 15) is 23.3 Å². The van der Waals surface area contributed by atoms with Crippen LogP contribution in [0.4, 0.5) is 17.1 Å². The zero-order valence-electron chi connectivity index (χ0n) is 17.6. The van der Waals surface area contributed by atoms with Gasteiger partial charge < -0.3 is 10.2 Å². The van der Waals surface area contributed by atoms with Crippen LogP contribution >= 0.6 is 0 Å². The summed E-state index contributed by atoms with van der Waals surface area (Å²) in [5.41, 5.74) is 0.876. The summed E-state index contributed by atoms with van der Waals surface area (Å²) in [6.45, 7) is 0.850. The molecule has 0 radical (unpaired) electrons. The quantitative estimate of drug-likeness (QED) is 0.536. The van der Waals surface area contributed by atoms with Crippen LogP contribution in [0.5, 0.6) is 0 Å². The summed E-state index contributed by atoms with van der Waals surface area (Å²) in [7, 11) is -0.492. The van der Waals surface area contributed by atoms with E-state index in [4.69, 9.17) is 0 Å². The summed E-state index contributed by atoms with van der Waals surface area (Å²) < 4.78 is 27.4. The predicted octanol–water partition coefficient (Wildman–Crippen LogP) is 3.60. The third kappa shape index (κ3) is 5.20. The molecule has 0 bridgehead atoms. The van der Waals surface area contributed by atoms with Crippen LogP contribution < -0.4 is 5.32 Å². The third-order valence-electron chi connectivity index (χ3n) is 5.19. The fraction of sp³-hybridized carbons (Fsp3) is 0.381. The number of nitro benzene ring substituents is 1. The van der Waals surface area contributed by atoms with Crippen molar-refractivity contribution in [1.82, 2.24) is 9.21 Å². The van der Waals surface area contributed by atoms with E-state index in [0.29, 0.717) is 24.3 Å². The Morgan fingerprint density at radius 3 is 2.19 bits per heavy atom. The largest absolute Gasteiger partial charge is 0.350 e. The number of sulfonamides is 1. The highest BCUT2D eigenvalue weighted by Gasteiger charge is 2.28. The Bertz CT molecular complexity index is 1060. The van der Waals surface area contributed by atoms with Crippen LogP contribution in [-0.2, 0) is 10.0 Å². The maximum atomic E-state index is 13.0. The van der Waals surface area contributed by atoms with Crippen molar-refractivity contribution in [2.75, 3.05) is 32.5 Å². The minimum absolute atomic E-state index is 0.0847. The lowest BCUT2D eigenvalue weighted by Crippen LogP contribution is -2.32. The van der Waals surface area contributed by atoms with E-state index < -0.39 is 14.9 Å². The molecule has 9 nitrogen and oxygen atoms in total. The summed E-state index contributed by atoms with van der Waals surface area (Å²) in [4.78, 5) is 24.4. The molecule has 0 aliphatic carbocycles. The zero-order chi connectivity index (χ0) is 22.6. The number of nitrogens with zero attached hydrogens (tertiary/aromatic N) is 3. The van der Waals surface area contributed by atoms with Gasteiger partial charge >= 0.3 is 0 Å². The van der Waals surface area contributed by atoms with Crippen molar-refractivity contribution in [3.05, 3.63) is 58.1 Å². The number of benzene rings is 2. The fourth-order valence-electron chi connectivity index (χ4n) is 3.47. The Morgan fingerprint density at radius 1 is 1.03 bits per heavy atom. The van der Waals surface area contributed by atoms with Gasteiger partial charge in [-0.1, -0.05) is 12.8 Å². The van der Waals surface area contributed by atoms with Crippen molar-refractivity contribution in [3.8, 4) is 0 Å². The summed E-state index contributed by atoms with van der Waals surface area (Å²) in [5, 5.41) is 14.6. The topological polar surface area (TPSA) is 113 Å². The Labute approximate surface area is 181 Å². The van der Waals surface area contributed by atoms with Crippen molar-refractivity contribution < 1.29 is 18.1 Å². The molecule has 1 saturated heterocycles. The molecule has 1 amide bonds. The molecule has 2 aromatic carbocycles. The van der Waals surface area contributed by atoms with Gasteiger partial charge in [0.05, 0.1) is 9.82 Å². The van der Waals surface area contributed by atoms with Gasteiger partial charge in [-0.25, -0.2) is 8.42 Å². The number of amides is 1. The number of hydrogen-bond acceptors (Lipinski definition) is 6. The normalized spacial score (nSPS) is 15.2. The molecule has 31 heavy (non-hydrogen) atoms. The molecule has 1 aliphatic heterocycles. The van der Waals surface area contributed by atoms with Crippen LogP contribution in [0.2, 0.25) is 0 Å². The predicted molar refractivity (Wildman–Crippen MR) is 118 cm³/mol. The molecule has 0 unspecified atom stereocenters. The Kier molecular flexibility index (Phi) is 6.91. The molecule has 10 heteroatoms. The number of anilines is 2. The van der Waals surface area contributed by atoms with Crippen molar-refractivity contribution in [1.29, 1.82) is 0 Å². The molecular formula is C21H26N4O5S. The second-order valence-electron chi connectivity index (χ2n) is 7.66. The van der Waals surface area contributed by atoms with Gasteiger partial charge in [-0.15, -0.1) is 0 Å². The van der Waals surface area contributed by atoms with E-state index in [0.717, 1.165) is 31.7 Å². The van der Waals surface area contributed by atoms with Gasteiger partial charge in [-0.2, -0.15) is 4.31 Å². The molecule has 0 saturated carbocycles.